The third-order valence-corrected chi connectivity index (χ3v) is 6.42. The highest BCUT2D eigenvalue weighted by Crippen LogP contribution is 2.30. The van der Waals surface area contributed by atoms with Crippen molar-refractivity contribution in [2.75, 3.05) is 0 Å². The van der Waals surface area contributed by atoms with Crippen molar-refractivity contribution in [2.24, 2.45) is 4.99 Å². The minimum atomic E-state index is -0.429. The second-order valence-corrected chi connectivity index (χ2v) is 9.10. The van der Waals surface area contributed by atoms with Crippen LogP contribution in [0.3, 0.4) is 0 Å². The van der Waals surface area contributed by atoms with E-state index in [0.717, 1.165) is 28.8 Å². The van der Waals surface area contributed by atoms with E-state index in [1.165, 1.54) is 29.5 Å². The Morgan fingerprint density at radius 3 is 2.47 bits per heavy atom. The number of hydrogen-bond donors (Lipinski definition) is 1. The van der Waals surface area contributed by atoms with Crippen molar-refractivity contribution in [3.05, 3.63) is 117 Å². The number of ether oxygens (including phenoxy) is 1. The highest BCUT2D eigenvalue weighted by Gasteiger charge is 2.24. The van der Waals surface area contributed by atoms with Crippen molar-refractivity contribution >= 4 is 40.3 Å². The molecule has 182 valence electrons. The number of amidine groups is 1. The highest BCUT2D eigenvalue weighted by atomic mass is 32.2. The Labute approximate surface area is 213 Å². The number of rotatable bonds is 9. The van der Waals surface area contributed by atoms with Crippen LogP contribution in [0.1, 0.15) is 29.2 Å². The maximum atomic E-state index is 12.5. The Hall–Kier alpha value is -4.17. The van der Waals surface area contributed by atoms with E-state index >= 15 is 0 Å². The van der Waals surface area contributed by atoms with Crippen molar-refractivity contribution in [3.8, 4) is 5.75 Å². The predicted octanol–water partition coefficient (Wildman–Crippen LogP) is 6.36. The molecule has 3 aromatic carbocycles. The summed E-state index contributed by atoms with van der Waals surface area (Å²) < 4.78 is 5.98. The van der Waals surface area contributed by atoms with Gasteiger partial charge in [-0.15, -0.1) is 6.58 Å². The molecule has 0 saturated carbocycles. The van der Waals surface area contributed by atoms with Crippen LogP contribution in [-0.2, 0) is 24.2 Å². The Morgan fingerprint density at radius 1 is 1.08 bits per heavy atom. The SMILES string of the molecule is C=CCc1cc(/C=C2\SC(=Nc3ccc(CC)cc3)NC2=O)ccc1OCc1ccc([N+](=O)[O-])cc1. The smallest absolute Gasteiger partial charge is 0.269 e. The van der Waals surface area contributed by atoms with Gasteiger partial charge in [-0.1, -0.05) is 31.2 Å². The van der Waals surface area contributed by atoms with Gasteiger partial charge in [0.25, 0.3) is 11.6 Å². The fourth-order valence-corrected chi connectivity index (χ4v) is 4.42. The molecule has 1 aliphatic heterocycles. The first-order valence-electron chi connectivity index (χ1n) is 11.4. The number of non-ortho nitro benzene ring substituents is 1. The lowest BCUT2D eigenvalue weighted by molar-refractivity contribution is -0.384. The van der Waals surface area contributed by atoms with E-state index in [2.05, 4.69) is 23.8 Å². The molecule has 0 atom stereocenters. The van der Waals surface area contributed by atoms with E-state index in [9.17, 15) is 14.9 Å². The monoisotopic (exact) mass is 499 g/mol. The van der Waals surface area contributed by atoms with Crippen molar-refractivity contribution in [3.63, 3.8) is 0 Å². The molecule has 0 bridgehead atoms. The molecule has 3 aromatic rings. The largest absolute Gasteiger partial charge is 0.489 e. The normalized spacial score (nSPS) is 15.2. The first-order chi connectivity index (χ1) is 17.4. The van der Waals surface area contributed by atoms with E-state index in [-0.39, 0.29) is 18.2 Å². The van der Waals surface area contributed by atoms with E-state index < -0.39 is 4.92 Å². The molecule has 1 amide bonds. The fourth-order valence-electron chi connectivity index (χ4n) is 3.58. The van der Waals surface area contributed by atoms with E-state index in [1.54, 1.807) is 18.2 Å². The van der Waals surface area contributed by atoms with Crippen molar-refractivity contribution in [1.82, 2.24) is 5.32 Å². The number of nitrogens with one attached hydrogen (secondary N) is 1. The Kier molecular flexibility index (Phi) is 7.97. The van der Waals surface area contributed by atoms with Gasteiger partial charge >= 0.3 is 0 Å². The van der Waals surface area contributed by atoms with Crippen molar-refractivity contribution < 1.29 is 14.5 Å². The molecule has 1 fully saturated rings. The summed E-state index contributed by atoms with van der Waals surface area (Å²) in [4.78, 5) is 28.0. The summed E-state index contributed by atoms with van der Waals surface area (Å²) in [5, 5.41) is 14.2. The molecule has 1 saturated heterocycles. The number of benzene rings is 3. The average molecular weight is 500 g/mol. The lowest BCUT2D eigenvalue weighted by atomic mass is 10.1. The fraction of sp³-hybridized carbons (Fsp3) is 0.143. The number of amides is 1. The summed E-state index contributed by atoms with van der Waals surface area (Å²) >= 11 is 1.30. The standard InChI is InChI=1S/C28H25N3O4S/c1-3-5-22-16-21(10-15-25(22)35-18-20-8-13-24(14-9-20)31(33)34)17-26-27(32)30-28(36-26)29-23-11-6-19(4-2)7-12-23/h3,6-17H,1,4-5,18H2,2H3,(H,29,30,32)/b26-17-. The summed E-state index contributed by atoms with van der Waals surface area (Å²) in [6.07, 6.45) is 5.17. The highest BCUT2D eigenvalue weighted by molar-refractivity contribution is 8.18. The van der Waals surface area contributed by atoms with Crippen LogP contribution >= 0.6 is 11.8 Å². The molecule has 1 aliphatic rings. The summed E-state index contributed by atoms with van der Waals surface area (Å²) in [7, 11) is 0. The molecule has 0 aliphatic carbocycles. The van der Waals surface area contributed by atoms with Crippen LogP contribution < -0.4 is 10.1 Å². The topological polar surface area (TPSA) is 93.8 Å². The summed E-state index contributed by atoms with van der Waals surface area (Å²) in [5.74, 6) is 0.504. The van der Waals surface area contributed by atoms with Gasteiger partial charge in [0.15, 0.2) is 5.17 Å². The maximum Gasteiger partial charge on any atom is 0.269 e. The molecule has 0 spiro atoms. The van der Waals surface area contributed by atoms with Crippen molar-refractivity contribution in [1.29, 1.82) is 0 Å². The van der Waals surface area contributed by atoms with Gasteiger partial charge in [-0.05, 0) is 89.3 Å². The number of nitro groups is 1. The summed E-state index contributed by atoms with van der Waals surface area (Å²) in [5.41, 5.74) is 4.68. The van der Waals surface area contributed by atoms with Gasteiger partial charge in [-0.2, -0.15) is 0 Å². The van der Waals surface area contributed by atoms with Crippen LogP contribution in [0.15, 0.2) is 89.3 Å². The van der Waals surface area contributed by atoms with Gasteiger partial charge in [0, 0.05) is 12.1 Å². The third kappa shape index (κ3) is 6.28. The molecule has 0 unspecified atom stereocenters. The predicted molar refractivity (Wildman–Crippen MR) is 144 cm³/mol. The lowest BCUT2D eigenvalue weighted by Gasteiger charge is -2.12. The van der Waals surface area contributed by atoms with E-state index in [0.29, 0.717) is 22.2 Å². The van der Waals surface area contributed by atoms with Crippen LogP contribution in [0.4, 0.5) is 11.4 Å². The van der Waals surface area contributed by atoms with Crippen LogP contribution in [0.5, 0.6) is 5.75 Å². The first kappa shape index (κ1) is 24.9. The van der Waals surface area contributed by atoms with Gasteiger partial charge in [-0.25, -0.2) is 4.99 Å². The molecule has 4 rings (SSSR count). The minimum Gasteiger partial charge on any atom is -0.489 e. The van der Waals surface area contributed by atoms with Crippen LogP contribution in [0, 0.1) is 10.1 Å². The zero-order valence-corrected chi connectivity index (χ0v) is 20.6. The zero-order valence-electron chi connectivity index (χ0n) is 19.8. The second kappa shape index (κ2) is 11.5. The number of nitrogens with zero attached hydrogens (tertiary/aromatic N) is 2. The first-order valence-corrected chi connectivity index (χ1v) is 12.3. The number of carbonyl (C=O) groups is 1. The Balaban J connectivity index is 1.47. The zero-order chi connectivity index (χ0) is 25.5. The van der Waals surface area contributed by atoms with E-state index in [4.69, 9.17) is 4.74 Å². The molecule has 36 heavy (non-hydrogen) atoms. The van der Waals surface area contributed by atoms with Crippen LogP contribution in [-0.4, -0.2) is 16.0 Å². The molecule has 1 heterocycles. The van der Waals surface area contributed by atoms with Crippen molar-refractivity contribution in [2.45, 2.75) is 26.4 Å². The van der Waals surface area contributed by atoms with E-state index in [1.807, 2.05) is 48.5 Å². The molecular weight excluding hydrogens is 474 g/mol. The number of allylic oxidation sites excluding steroid dienone is 1. The molecule has 7 nitrogen and oxygen atoms in total. The van der Waals surface area contributed by atoms with Crippen LogP contribution in [0.2, 0.25) is 0 Å². The van der Waals surface area contributed by atoms with Gasteiger partial charge in [0.2, 0.25) is 0 Å². The average Bonchev–Trinajstić information content (AvgIpc) is 3.22. The Morgan fingerprint density at radius 2 is 1.81 bits per heavy atom. The molecule has 0 aromatic heterocycles. The third-order valence-electron chi connectivity index (χ3n) is 5.51. The summed E-state index contributed by atoms with van der Waals surface area (Å²) in [6, 6.07) is 19.9. The molecule has 0 radical (unpaired) electrons. The molecular formula is C28H25N3O4S. The van der Waals surface area contributed by atoms with Gasteiger partial charge in [-0.3, -0.25) is 14.9 Å². The number of aliphatic imine (C=N–C) groups is 1. The lowest BCUT2D eigenvalue weighted by Crippen LogP contribution is -2.19. The second-order valence-electron chi connectivity index (χ2n) is 8.07. The summed E-state index contributed by atoms with van der Waals surface area (Å²) in [6.45, 7) is 6.21. The molecule has 8 heteroatoms. The number of aryl methyl sites for hydroxylation is 1. The number of nitro benzene ring substituents is 1. The number of thioether (sulfide) groups is 1. The number of hydrogen-bond acceptors (Lipinski definition) is 6. The number of carbonyl (C=O) groups excluding carboxylic acids is 1. The van der Waals surface area contributed by atoms with Crippen LogP contribution in [0.25, 0.3) is 6.08 Å². The van der Waals surface area contributed by atoms with Gasteiger partial charge in [0.05, 0.1) is 15.5 Å². The minimum absolute atomic E-state index is 0.0416. The maximum absolute atomic E-state index is 12.5. The Bertz CT molecular complexity index is 1350. The quantitative estimate of drug-likeness (QED) is 0.160. The van der Waals surface area contributed by atoms with Gasteiger partial charge < -0.3 is 10.1 Å². The molecule has 1 N–H and O–H groups in total. The van der Waals surface area contributed by atoms with Gasteiger partial charge in [0.1, 0.15) is 12.4 Å².